The lowest BCUT2D eigenvalue weighted by Gasteiger charge is -2.32. The number of nitrogens with one attached hydrogen (secondary N) is 1. The molecule has 0 aliphatic carbocycles. The number of anilines is 1. The number of amides is 1. The van der Waals surface area contributed by atoms with Gasteiger partial charge in [-0.1, -0.05) is 45.9 Å². The molecule has 0 unspecified atom stereocenters. The number of hydrogen-bond donors (Lipinski definition) is 4. The van der Waals surface area contributed by atoms with E-state index in [2.05, 4.69) is 32.9 Å². The van der Waals surface area contributed by atoms with Gasteiger partial charge in [-0.05, 0) is 56.4 Å². The summed E-state index contributed by atoms with van der Waals surface area (Å²) in [5.41, 5.74) is 19.5. The number of aliphatic imine (C=N–C) groups is 1. The summed E-state index contributed by atoms with van der Waals surface area (Å²) in [6.45, 7) is 15.2. The van der Waals surface area contributed by atoms with E-state index in [1.54, 1.807) is 6.07 Å². The second kappa shape index (κ2) is 17.5. The maximum absolute atomic E-state index is 12.6. The number of guanidine groups is 1. The molecule has 0 aromatic heterocycles. The largest absolute Gasteiger partial charge is 0.370 e. The van der Waals surface area contributed by atoms with E-state index >= 15 is 0 Å². The molecule has 0 radical (unpaired) electrons. The van der Waals surface area contributed by atoms with Crippen LogP contribution in [0, 0.1) is 6.92 Å². The van der Waals surface area contributed by atoms with Gasteiger partial charge in [0, 0.05) is 44.0 Å². The fraction of sp³-hybridized carbons (Fsp3) is 0.462. The third-order valence-corrected chi connectivity index (χ3v) is 4.93. The van der Waals surface area contributed by atoms with E-state index in [0.29, 0.717) is 16.9 Å². The van der Waals surface area contributed by atoms with Crippen LogP contribution in [0.5, 0.6) is 0 Å². The monoisotopic (exact) mass is 471 g/mol. The smallest absolute Gasteiger partial charge is 0.255 e. The Hall–Kier alpha value is -2.94. The number of aryl methyl sites for hydroxylation is 1. The van der Waals surface area contributed by atoms with Gasteiger partial charge in [0.05, 0.1) is 5.69 Å². The van der Waals surface area contributed by atoms with Crippen molar-refractivity contribution in [2.24, 2.45) is 22.2 Å². The highest BCUT2D eigenvalue weighted by molar-refractivity contribution is 6.04. The summed E-state index contributed by atoms with van der Waals surface area (Å²) in [6, 6.07) is 13.2. The average molecular weight is 472 g/mol. The van der Waals surface area contributed by atoms with Gasteiger partial charge >= 0.3 is 0 Å². The number of nitrogens with zero attached hydrogens (tertiary/aromatic N) is 3. The minimum atomic E-state index is -0.161. The van der Waals surface area contributed by atoms with Crippen molar-refractivity contribution in [1.82, 2.24) is 9.80 Å². The Labute approximate surface area is 206 Å². The van der Waals surface area contributed by atoms with Gasteiger partial charge in [-0.25, -0.2) is 4.99 Å². The molecule has 2 aromatic rings. The zero-order chi connectivity index (χ0) is 26.1. The second-order valence-corrected chi connectivity index (χ2v) is 7.27. The van der Waals surface area contributed by atoms with E-state index in [1.165, 1.54) is 12.6 Å². The molecule has 0 saturated carbocycles. The van der Waals surface area contributed by atoms with Crippen LogP contribution in [0.25, 0.3) is 0 Å². The molecular weight excluding hydrogens is 426 g/mol. The molecular formula is C26H45N7O. The fourth-order valence-corrected chi connectivity index (χ4v) is 3.18. The van der Waals surface area contributed by atoms with Gasteiger partial charge in [-0.2, -0.15) is 0 Å². The van der Waals surface area contributed by atoms with Crippen molar-refractivity contribution >= 4 is 23.2 Å². The Balaban J connectivity index is 0.00000168. The van der Waals surface area contributed by atoms with Gasteiger partial charge in [-0.15, -0.1) is 0 Å². The minimum Gasteiger partial charge on any atom is -0.370 e. The third-order valence-electron chi connectivity index (χ3n) is 4.93. The Bertz CT molecular complexity index is 854. The van der Waals surface area contributed by atoms with E-state index in [4.69, 9.17) is 11.5 Å². The number of carbonyl (C=O) groups is 1. The summed E-state index contributed by atoms with van der Waals surface area (Å²) < 4.78 is 0. The second-order valence-electron chi connectivity index (χ2n) is 7.27. The maximum Gasteiger partial charge on any atom is 0.255 e. The standard InChI is InChI=1S/C21H28N6O.2C2H6.CH5N/c1-15-3-8-18(13-19(15)25-21(22)23)24-20(28)17-6-4-16(5-7-17)14-27-11-9-26(2)10-12-27;3*1-2/h3-8,13H,9-12,14H2,1-2H3,(H,24,28)(H4,22,23,25);2*1-2H3;2H2,1H3. The number of piperazine rings is 1. The van der Waals surface area contributed by atoms with Crippen molar-refractivity contribution in [3.63, 3.8) is 0 Å². The fourth-order valence-electron chi connectivity index (χ4n) is 3.18. The lowest BCUT2D eigenvalue weighted by atomic mass is 10.1. The van der Waals surface area contributed by atoms with Gasteiger partial charge < -0.3 is 27.4 Å². The molecule has 1 aliphatic heterocycles. The zero-order valence-corrected chi connectivity index (χ0v) is 22.1. The van der Waals surface area contributed by atoms with Crippen molar-refractivity contribution in [3.8, 4) is 0 Å². The van der Waals surface area contributed by atoms with Gasteiger partial charge in [0.1, 0.15) is 0 Å². The van der Waals surface area contributed by atoms with Gasteiger partial charge in [0.25, 0.3) is 5.91 Å². The van der Waals surface area contributed by atoms with Crippen molar-refractivity contribution in [2.45, 2.75) is 41.2 Å². The van der Waals surface area contributed by atoms with Crippen LogP contribution >= 0.6 is 0 Å². The number of hydrogen-bond acceptors (Lipinski definition) is 5. The first-order valence-electron chi connectivity index (χ1n) is 12.0. The van der Waals surface area contributed by atoms with Crippen LogP contribution in [0.2, 0.25) is 0 Å². The Morgan fingerprint density at radius 2 is 1.50 bits per heavy atom. The molecule has 0 spiro atoms. The molecule has 0 bridgehead atoms. The van der Waals surface area contributed by atoms with Gasteiger partial charge in [0.15, 0.2) is 5.96 Å². The quantitative estimate of drug-likeness (QED) is 0.390. The molecule has 2 aromatic carbocycles. The number of rotatable bonds is 5. The first kappa shape index (κ1) is 31.1. The zero-order valence-electron chi connectivity index (χ0n) is 22.1. The Kier molecular flexibility index (Phi) is 16.0. The highest BCUT2D eigenvalue weighted by atomic mass is 16.1. The summed E-state index contributed by atoms with van der Waals surface area (Å²) in [7, 11) is 3.65. The number of likely N-dealkylation sites (N-methyl/N-ethyl adjacent to an activating group) is 1. The molecule has 3 rings (SSSR count). The molecule has 0 atom stereocenters. The van der Waals surface area contributed by atoms with E-state index in [0.717, 1.165) is 38.3 Å². The molecule has 1 amide bonds. The van der Waals surface area contributed by atoms with E-state index < -0.39 is 0 Å². The summed E-state index contributed by atoms with van der Waals surface area (Å²) in [5, 5.41) is 2.90. The van der Waals surface area contributed by atoms with Crippen molar-refractivity contribution in [1.29, 1.82) is 0 Å². The van der Waals surface area contributed by atoms with Crippen LogP contribution in [0.1, 0.15) is 49.2 Å². The number of benzene rings is 2. The molecule has 190 valence electrons. The summed E-state index contributed by atoms with van der Waals surface area (Å²) in [5.74, 6) is -0.173. The molecule has 1 saturated heterocycles. The highest BCUT2D eigenvalue weighted by Gasteiger charge is 2.14. The van der Waals surface area contributed by atoms with Crippen molar-refractivity contribution in [2.75, 3.05) is 45.6 Å². The lowest BCUT2D eigenvalue weighted by molar-refractivity contribution is 0.102. The number of carbonyl (C=O) groups excluding carboxylic acids is 1. The number of nitrogens with two attached hydrogens (primary N) is 3. The molecule has 1 heterocycles. The van der Waals surface area contributed by atoms with E-state index in [-0.39, 0.29) is 11.9 Å². The summed E-state index contributed by atoms with van der Waals surface area (Å²) >= 11 is 0. The van der Waals surface area contributed by atoms with Crippen LogP contribution in [-0.4, -0.2) is 61.9 Å². The topological polar surface area (TPSA) is 126 Å². The molecule has 1 aliphatic rings. The van der Waals surface area contributed by atoms with E-state index in [9.17, 15) is 4.79 Å². The maximum atomic E-state index is 12.6. The molecule has 34 heavy (non-hydrogen) atoms. The predicted octanol–water partition coefficient (Wildman–Crippen LogP) is 3.53. The van der Waals surface area contributed by atoms with Crippen LogP contribution < -0.4 is 22.5 Å². The average Bonchev–Trinajstić information content (AvgIpc) is 2.86. The molecule has 1 fully saturated rings. The SMILES string of the molecule is CC.CC.CN.Cc1ccc(NC(=O)c2ccc(CN3CCN(C)CC3)cc2)cc1N=C(N)N. The van der Waals surface area contributed by atoms with Crippen molar-refractivity contribution < 1.29 is 4.79 Å². The highest BCUT2D eigenvalue weighted by Crippen LogP contribution is 2.23. The third kappa shape index (κ3) is 10.8. The Morgan fingerprint density at radius 3 is 2.03 bits per heavy atom. The van der Waals surface area contributed by atoms with E-state index in [1.807, 2.05) is 71.0 Å². The van der Waals surface area contributed by atoms with Gasteiger partial charge in [0.2, 0.25) is 0 Å². The molecule has 8 nitrogen and oxygen atoms in total. The van der Waals surface area contributed by atoms with Crippen LogP contribution in [0.3, 0.4) is 0 Å². The van der Waals surface area contributed by atoms with Crippen LogP contribution in [-0.2, 0) is 6.54 Å². The predicted molar refractivity (Wildman–Crippen MR) is 147 cm³/mol. The molecule has 7 N–H and O–H groups in total. The van der Waals surface area contributed by atoms with Gasteiger partial charge in [-0.3, -0.25) is 9.69 Å². The van der Waals surface area contributed by atoms with Crippen molar-refractivity contribution in [3.05, 3.63) is 59.2 Å². The normalized spacial score (nSPS) is 13.1. The minimum absolute atomic E-state index is 0.0116. The van der Waals surface area contributed by atoms with Crippen LogP contribution in [0.4, 0.5) is 11.4 Å². The summed E-state index contributed by atoms with van der Waals surface area (Å²) in [6.07, 6.45) is 0. The Morgan fingerprint density at radius 1 is 0.941 bits per heavy atom. The summed E-state index contributed by atoms with van der Waals surface area (Å²) in [4.78, 5) is 21.4. The molecule has 8 heteroatoms. The van der Waals surface area contributed by atoms with Crippen LogP contribution in [0.15, 0.2) is 47.5 Å². The first-order valence-corrected chi connectivity index (χ1v) is 12.0. The lowest BCUT2D eigenvalue weighted by Crippen LogP contribution is -2.43. The first-order chi connectivity index (χ1) is 16.4.